The van der Waals surface area contributed by atoms with E-state index >= 15 is 0 Å². The van der Waals surface area contributed by atoms with E-state index < -0.39 is 10.0 Å². The Balaban J connectivity index is 1.49. The molecule has 11 heteroatoms. The number of guanidine groups is 1. The van der Waals surface area contributed by atoms with Crippen molar-refractivity contribution in [1.82, 2.24) is 24.3 Å². The first-order valence-corrected chi connectivity index (χ1v) is 11.3. The van der Waals surface area contributed by atoms with Crippen LogP contribution in [0, 0.1) is 5.92 Å². The molecular formula is C17H29N7O3S. The SMILES string of the molecule is CN=C(NCC1CCN(S(C)(=O)=O)CC1)N1CCN(c2cnn(C)c2)C(=O)C1. The molecule has 0 unspecified atom stereocenters. The number of amides is 1. The van der Waals surface area contributed by atoms with Gasteiger partial charge >= 0.3 is 0 Å². The molecule has 0 saturated carbocycles. The van der Waals surface area contributed by atoms with Crippen molar-refractivity contribution in [3.63, 3.8) is 0 Å². The van der Waals surface area contributed by atoms with E-state index in [0.717, 1.165) is 25.1 Å². The summed E-state index contributed by atoms with van der Waals surface area (Å²) in [5.74, 6) is 1.12. The van der Waals surface area contributed by atoms with Crippen LogP contribution in [0.1, 0.15) is 12.8 Å². The number of aryl methyl sites for hydroxylation is 1. The number of aliphatic imine (C=N–C) groups is 1. The van der Waals surface area contributed by atoms with Gasteiger partial charge in [0.2, 0.25) is 15.9 Å². The zero-order valence-corrected chi connectivity index (χ0v) is 17.5. The molecule has 156 valence electrons. The van der Waals surface area contributed by atoms with Crippen LogP contribution in [0.5, 0.6) is 0 Å². The van der Waals surface area contributed by atoms with Crippen LogP contribution in [-0.4, -0.2) is 91.8 Å². The molecule has 1 N–H and O–H groups in total. The molecule has 0 atom stereocenters. The van der Waals surface area contributed by atoms with Crippen molar-refractivity contribution in [3.05, 3.63) is 12.4 Å². The van der Waals surface area contributed by atoms with Gasteiger partial charge in [-0.25, -0.2) is 12.7 Å². The fourth-order valence-electron chi connectivity index (χ4n) is 3.69. The van der Waals surface area contributed by atoms with Crippen molar-refractivity contribution in [2.24, 2.45) is 18.0 Å². The van der Waals surface area contributed by atoms with E-state index in [1.54, 1.807) is 22.8 Å². The van der Waals surface area contributed by atoms with E-state index in [1.807, 2.05) is 18.1 Å². The summed E-state index contributed by atoms with van der Waals surface area (Å²) in [5.41, 5.74) is 0.813. The third-order valence-corrected chi connectivity index (χ3v) is 6.63. The first-order valence-electron chi connectivity index (χ1n) is 9.47. The lowest BCUT2D eigenvalue weighted by Gasteiger charge is -2.36. The Morgan fingerprint density at radius 1 is 1.29 bits per heavy atom. The highest BCUT2D eigenvalue weighted by atomic mass is 32.2. The molecule has 28 heavy (non-hydrogen) atoms. The summed E-state index contributed by atoms with van der Waals surface area (Å²) in [5, 5.41) is 7.49. The van der Waals surface area contributed by atoms with Crippen molar-refractivity contribution >= 4 is 27.6 Å². The minimum absolute atomic E-state index is 0.0173. The average molecular weight is 412 g/mol. The second-order valence-electron chi connectivity index (χ2n) is 7.37. The highest BCUT2D eigenvalue weighted by Gasteiger charge is 2.29. The highest BCUT2D eigenvalue weighted by Crippen LogP contribution is 2.19. The summed E-state index contributed by atoms with van der Waals surface area (Å²) >= 11 is 0. The highest BCUT2D eigenvalue weighted by molar-refractivity contribution is 7.88. The predicted molar refractivity (Wildman–Crippen MR) is 108 cm³/mol. The fourth-order valence-corrected chi connectivity index (χ4v) is 4.56. The molecule has 3 rings (SSSR count). The van der Waals surface area contributed by atoms with Crippen LogP contribution in [0.2, 0.25) is 0 Å². The lowest BCUT2D eigenvalue weighted by atomic mass is 9.98. The Kier molecular flexibility index (Phi) is 6.23. The van der Waals surface area contributed by atoms with Crippen LogP contribution in [0.15, 0.2) is 17.4 Å². The number of carbonyl (C=O) groups excluding carboxylic acids is 1. The number of hydrogen-bond acceptors (Lipinski definition) is 5. The number of sulfonamides is 1. The van der Waals surface area contributed by atoms with Gasteiger partial charge in [-0.3, -0.25) is 14.5 Å². The number of anilines is 1. The van der Waals surface area contributed by atoms with Gasteiger partial charge < -0.3 is 15.1 Å². The maximum absolute atomic E-state index is 12.6. The zero-order valence-electron chi connectivity index (χ0n) is 16.7. The molecule has 0 radical (unpaired) electrons. The number of hydrogen-bond donors (Lipinski definition) is 1. The molecule has 2 fully saturated rings. The summed E-state index contributed by atoms with van der Waals surface area (Å²) in [6.07, 6.45) is 6.44. The van der Waals surface area contributed by atoms with Gasteiger partial charge in [0.05, 0.1) is 18.1 Å². The molecule has 2 aliphatic heterocycles. The Hall–Kier alpha value is -2.14. The van der Waals surface area contributed by atoms with E-state index in [1.165, 1.54) is 10.6 Å². The second-order valence-corrected chi connectivity index (χ2v) is 9.36. The first-order chi connectivity index (χ1) is 13.3. The number of piperidine rings is 1. The molecule has 2 aliphatic rings. The Bertz CT molecular complexity index is 828. The maximum Gasteiger partial charge on any atom is 0.246 e. The molecule has 1 aromatic rings. The van der Waals surface area contributed by atoms with Crippen LogP contribution in [-0.2, 0) is 21.9 Å². The minimum atomic E-state index is -3.10. The summed E-state index contributed by atoms with van der Waals surface area (Å²) in [4.78, 5) is 20.6. The van der Waals surface area contributed by atoms with E-state index in [0.29, 0.717) is 38.1 Å². The van der Waals surface area contributed by atoms with Crippen molar-refractivity contribution in [2.75, 3.05) is 57.5 Å². The molecule has 2 saturated heterocycles. The van der Waals surface area contributed by atoms with Gasteiger partial charge in [-0.15, -0.1) is 0 Å². The smallest absolute Gasteiger partial charge is 0.246 e. The number of aromatic nitrogens is 2. The zero-order chi connectivity index (χ0) is 20.3. The van der Waals surface area contributed by atoms with Crippen LogP contribution in [0.4, 0.5) is 5.69 Å². The second kappa shape index (κ2) is 8.48. The van der Waals surface area contributed by atoms with E-state index in [-0.39, 0.29) is 12.5 Å². The largest absolute Gasteiger partial charge is 0.356 e. The molecule has 0 spiro atoms. The number of piperazine rings is 1. The van der Waals surface area contributed by atoms with Gasteiger partial charge in [0.1, 0.15) is 6.54 Å². The van der Waals surface area contributed by atoms with Crippen molar-refractivity contribution in [2.45, 2.75) is 12.8 Å². The van der Waals surface area contributed by atoms with Gasteiger partial charge in [-0.1, -0.05) is 0 Å². The van der Waals surface area contributed by atoms with Crippen molar-refractivity contribution in [3.8, 4) is 0 Å². The standard InChI is InChI=1S/C17H29N7O3S/c1-18-17(19-10-14-4-6-23(7-5-14)28(3,26)27)22-8-9-24(16(25)13-22)15-11-20-21(2)12-15/h11-12,14H,4-10,13H2,1-3H3,(H,18,19). The van der Waals surface area contributed by atoms with Crippen molar-refractivity contribution < 1.29 is 13.2 Å². The van der Waals surface area contributed by atoms with E-state index in [9.17, 15) is 13.2 Å². The average Bonchev–Trinajstić information content (AvgIpc) is 3.08. The molecule has 0 aromatic carbocycles. The van der Waals surface area contributed by atoms with E-state index in [4.69, 9.17) is 0 Å². The molecule has 1 amide bonds. The number of nitrogens with one attached hydrogen (secondary N) is 1. The van der Waals surface area contributed by atoms with Crippen molar-refractivity contribution in [1.29, 1.82) is 0 Å². The lowest BCUT2D eigenvalue weighted by Crippen LogP contribution is -2.56. The summed E-state index contributed by atoms with van der Waals surface area (Å²) in [6, 6.07) is 0. The van der Waals surface area contributed by atoms with Crippen LogP contribution < -0.4 is 10.2 Å². The summed E-state index contributed by atoms with van der Waals surface area (Å²) in [6.45, 7) is 3.38. The number of nitrogens with zero attached hydrogens (tertiary/aromatic N) is 6. The first kappa shape index (κ1) is 20.6. The molecule has 1 aromatic heterocycles. The normalized spacial score (nSPS) is 20.7. The molecular weight excluding hydrogens is 382 g/mol. The Labute approximate surface area is 166 Å². The summed E-state index contributed by atoms with van der Waals surface area (Å²) in [7, 11) is 0.442. The fraction of sp³-hybridized carbons (Fsp3) is 0.706. The Morgan fingerprint density at radius 3 is 2.54 bits per heavy atom. The monoisotopic (exact) mass is 411 g/mol. The molecule has 10 nitrogen and oxygen atoms in total. The van der Waals surface area contributed by atoms with Gasteiger partial charge in [0.25, 0.3) is 0 Å². The van der Waals surface area contributed by atoms with Gasteiger partial charge in [0.15, 0.2) is 5.96 Å². The third kappa shape index (κ3) is 4.82. The van der Waals surface area contributed by atoms with Crippen LogP contribution in [0.25, 0.3) is 0 Å². The van der Waals surface area contributed by atoms with Crippen LogP contribution in [0.3, 0.4) is 0 Å². The predicted octanol–water partition coefficient (Wildman–Crippen LogP) is -0.684. The van der Waals surface area contributed by atoms with E-state index in [2.05, 4.69) is 15.4 Å². The topological polar surface area (TPSA) is 103 Å². The van der Waals surface area contributed by atoms with Gasteiger partial charge in [0, 0.05) is 53.0 Å². The van der Waals surface area contributed by atoms with Gasteiger partial charge in [-0.2, -0.15) is 5.10 Å². The number of rotatable bonds is 4. The quantitative estimate of drug-likeness (QED) is 0.520. The van der Waals surface area contributed by atoms with Crippen LogP contribution >= 0.6 is 0 Å². The molecule has 3 heterocycles. The lowest BCUT2D eigenvalue weighted by molar-refractivity contribution is -0.120. The Morgan fingerprint density at radius 2 is 2.00 bits per heavy atom. The number of carbonyl (C=O) groups is 1. The minimum Gasteiger partial charge on any atom is -0.356 e. The summed E-state index contributed by atoms with van der Waals surface area (Å²) < 4.78 is 26.5. The molecule has 0 bridgehead atoms. The van der Waals surface area contributed by atoms with Gasteiger partial charge in [-0.05, 0) is 18.8 Å². The molecule has 0 aliphatic carbocycles. The third-order valence-electron chi connectivity index (χ3n) is 5.33. The maximum atomic E-state index is 12.6.